The first kappa shape index (κ1) is 12.7. The highest BCUT2D eigenvalue weighted by Crippen LogP contribution is 2.19. The van der Waals surface area contributed by atoms with Gasteiger partial charge in [0, 0.05) is 11.3 Å². The van der Waals surface area contributed by atoms with E-state index in [4.69, 9.17) is 0 Å². The Balaban J connectivity index is 2.90. The maximum absolute atomic E-state index is 11.2. The van der Waals surface area contributed by atoms with E-state index in [0.717, 1.165) is 17.0 Å². The lowest BCUT2D eigenvalue weighted by atomic mass is 10.0. The Labute approximate surface area is 95.3 Å². The number of aromatic amines is 1. The Kier molecular flexibility index (Phi) is 4.06. The van der Waals surface area contributed by atoms with Gasteiger partial charge >= 0.3 is 5.97 Å². The Morgan fingerprint density at radius 2 is 2.12 bits per heavy atom. The lowest BCUT2D eigenvalue weighted by molar-refractivity contribution is -0.139. The van der Waals surface area contributed by atoms with Gasteiger partial charge in [0.25, 0.3) is 0 Å². The molecule has 0 aliphatic carbocycles. The molecule has 1 rings (SSSR count). The molecule has 0 aliphatic heterocycles. The van der Waals surface area contributed by atoms with E-state index in [1.54, 1.807) is 0 Å². The first-order chi connectivity index (χ1) is 7.43. The molecular weight excluding hydrogens is 206 g/mol. The van der Waals surface area contributed by atoms with Crippen molar-refractivity contribution in [2.24, 2.45) is 5.92 Å². The third-order valence-corrected chi connectivity index (χ3v) is 2.45. The number of hydrogen-bond donors (Lipinski definition) is 3. The van der Waals surface area contributed by atoms with Crippen molar-refractivity contribution in [3.63, 3.8) is 0 Å². The van der Waals surface area contributed by atoms with Gasteiger partial charge in [0.2, 0.25) is 0 Å². The molecule has 0 aliphatic rings. The number of carboxylic acids is 1. The molecule has 0 bridgehead atoms. The van der Waals surface area contributed by atoms with E-state index >= 15 is 0 Å². The van der Waals surface area contributed by atoms with Crippen LogP contribution in [-0.4, -0.2) is 27.8 Å². The minimum atomic E-state index is -0.867. The monoisotopic (exact) mass is 225 g/mol. The van der Waals surface area contributed by atoms with Crippen LogP contribution in [0.3, 0.4) is 0 Å². The fraction of sp³-hybridized carbons (Fsp3) is 0.636. The molecular formula is C11H19N3O2. The number of carbonyl (C=O) groups is 1. The average Bonchev–Trinajstić information content (AvgIpc) is 2.48. The summed E-state index contributed by atoms with van der Waals surface area (Å²) in [7, 11) is 0. The summed E-state index contributed by atoms with van der Waals surface area (Å²) in [6.07, 6.45) is 0. The van der Waals surface area contributed by atoms with Gasteiger partial charge in [0.05, 0.1) is 5.69 Å². The van der Waals surface area contributed by atoms with Crippen LogP contribution in [0.4, 0.5) is 0 Å². The minimum absolute atomic E-state index is 0.411. The van der Waals surface area contributed by atoms with Crippen LogP contribution in [0.1, 0.15) is 36.8 Å². The van der Waals surface area contributed by atoms with Crippen molar-refractivity contribution in [3.05, 3.63) is 17.0 Å². The van der Waals surface area contributed by atoms with Crippen molar-refractivity contribution in [1.29, 1.82) is 0 Å². The number of hydrogen-bond acceptors (Lipinski definition) is 3. The first-order valence-corrected chi connectivity index (χ1v) is 5.41. The summed E-state index contributed by atoms with van der Waals surface area (Å²) >= 11 is 0. The molecule has 16 heavy (non-hydrogen) atoms. The summed E-state index contributed by atoms with van der Waals surface area (Å²) in [6.45, 7) is 8.40. The number of rotatable bonds is 5. The van der Waals surface area contributed by atoms with E-state index in [-0.39, 0.29) is 0 Å². The molecule has 0 aromatic carbocycles. The zero-order valence-corrected chi connectivity index (χ0v) is 10.2. The van der Waals surface area contributed by atoms with Crippen LogP contribution in [0.15, 0.2) is 0 Å². The largest absolute Gasteiger partial charge is 0.480 e. The molecule has 5 nitrogen and oxygen atoms in total. The van der Waals surface area contributed by atoms with Gasteiger partial charge in [-0.15, -0.1) is 0 Å². The number of aryl methyl sites for hydroxylation is 2. The zero-order valence-electron chi connectivity index (χ0n) is 10.2. The second kappa shape index (κ2) is 5.12. The highest BCUT2D eigenvalue weighted by atomic mass is 16.4. The summed E-state index contributed by atoms with van der Waals surface area (Å²) in [4.78, 5) is 11.2. The fourth-order valence-corrected chi connectivity index (χ4v) is 1.65. The lowest BCUT2D eigenvalue weighted by Gasteiger charge is -2.16. The van der Waals surface area contributed by atoms with E-state index < -0.39 is 12.0 Å². The van der Waals surface area contributed by atoms with Crippen molar-refractivity contribution in [2.75, 3.05) is 6.54 Å². The van der Waals surface area contributed by atoms with Crippen LogP contribution in [0, 0.1) is 19.8 Å². The molecule has 3 N–H and O–H groups in total. The molecule has 0 fully saturated rings. The van der Waals surface area contributed by atoms with E-state index in [1.165, 1.54) is 0 Å². The molecule has 1 unspecified atom stereocenters. The van der Waals surface area contributed by atoms with Crippen LogP contribution >= 0.6 is 0 Å². The molecule has 0 saturated carbocycles. The standard InChI is InChI=1S/C11H19N3O2/c1-6(2)5-12-10(11(15)16)9-7(3)13-14-8(9)4/h6,10,12H,5H2,1-4H3,(H,13,14)(H,15,16). The van der Waals surface area contributed by atoms with Crippen LogP contribution in [0.2, 0.25) is 0 Å². The van der Waals surface area contributed by atoms with Gasteiger partial charge < -0.3 is 10.4 Å². The quantitative estimate of drug-likeness (QED) is 0.707. The molecule has 0 spiro atoms. The molecule has 0 amide bonds. The summed E-state index contributed by atoms with van der Waals surface area (Å²) in [6, 6.07) is -0.679. The molecule has 1 aromatic rings. The Bertz CT molecular complexity index is 352. The third-order valence-electron chi connectivity index (χ3n) is 2.45. The second-order valence-electron chi connectivity index (χ2n) is 4.42. The first-order valence-electron chi connectivity index (χ1n) is 5.41. The van der Waals surface area contributed by atoms with E-state index in [2.05, 4.69) is 15.5 Å². The maximum Gasteiger partial charge on any atom is 0.325 e. The second-order valence-corrected chi connectivity index (χ2v) is 4.42. The van der Waals surface area contributed by atoms with Gasteiger partial charge in [-0.2, -0.15) is 5.10 Å². The van der Waals surface area contributed by atoms with Crippen LogP contribution in [0.5, 0.6) is 0 Å². The number of carboxylic acid groups (broad SMARTS) is 1. The van der Waals surface area contributed by atoms with E-state index in [0.29, 0.717) is 12.5 Å². The van der Waals surface area contributed by atoms with Gasteiger partial charge in [-0.05, 0) is 26.3 Å². The number of nitrogens with one attached hydrogen (secondary N) is 2. The minimum Gasteiger partial charge on any atom is -0.480 e. The summed E-state index contributed by atoms with van der Waals surface area (Å²) in [5, 5.41) is 19.1. The van der Waals surface area contributed by atoms with Gasteiger partial charge in [0.15, 0.2) is 0 Å². The Hall–Kier alpha value is -1.36. The fourth-order valence-electron chi connectivity index (χ4n) is 1.65. The van der Waals surface area contributed by atoms with Crippen molar-refractivity contribution >= 4 is 5.97 Å². The highest BCUT2D eigenvalue weighted by molar-refractivity contribution is 5.76. The Morgan fingerprint density at radius 3 is 2.50 bits per heavy atom. The van der Waals surface area contributed by atoms with Crippen molar-refractivity contribution < 1.29 is 9.90 Å². The van der Waals surface area contributed by atoms with Crippen LogP contribution in [-0.2, 0) is 4.79 Å². The normalized spacial score (nSPS) is 13.1. The molecule has 1 heterocycles. The smallest absolute Gasteiger partial charge is 0.325 e. The highest BCUT2D eigenvalue weighted by Gasteiger charge is 2.24. The third kappa shape index (κ3) is 2.82. The van der Waals surface area contributed by atoms with Gasteiger partial charge in [0.1, 0.15) is 6.04 Å². The predicted octanol–water partition coefficient (Wildman–Crippen LogP) is 1.40. The van der Waals surface area contributed by atoms with Gasteiger partial charge in [-0.3, -0.25) is 9.89 Å². The summed E-state index contributed by atoms with van der Waals surface area (Å²) in [5.41, 5.74) is 2.29. The number of nitrogens with zero attached hydrogens (tertiary/aromatic N) is 1. The maximum atomic E-state index is 11.2. The molecule has 90 valence electrons. The van der Waals surface area contributed by atoms with Crippen molar-refractivity contribution in [2.45, 2.75) is 33.7 Å². The number of aromatic nitrogens is 2. The summed E-state index contributed by atoms with van der Waals surface area (Å²) in [5.74, 6) is -0.456. The zero-order chi connectivity index (χ0) is 12.3. The van der Waals surface area contributed by atoms with E-state index in [1.807, 2.05) is 27.7 Å². The average molecular weight is 225 g/mol. The predicted molar refractivity (Wildman–Crippen MR) is 61.3 cm³/mol. The van der Waals surface area contributed by atoms with Gasteiger partial charge in [-0.25, -0.2) is 0 Å². The van der Waals surface area contributed by atoms with Crippen molar-refractivity contribution in [1.82, 2.24) is 15.5 Å². The Morgan fingerprint density at radius 1 is 1.50 bits per heavy atom. The molecule has 1 atom stereocenters. The number of aliphatic carboxylic acids is 1. The molecule has 5 heteroatoms. The molecule has 1 aromatic heterocycles. The lowest BCUT2D eigenvalue weighted by Crippen LogP contribution is -2.32. The van der Waals surface area contributed by atoms with Gasteiger partial charge in [-0.1, -0.05) is 13.8 Å². The van der Waals surface area contributed by atoms with Crippen molar-refractivity contribution in [3.8, 4) is 0 Å². The molecule has 0 saturated heterocycles. The van der Waals surface area contributed by atoms with E-state index in [9.17, 15) is 9.90 Å². The van der Waals surface area contributed by atoms with Crippen LogP contribution in [0.25, 0.3) is 0 Å². The topological polar surface area (TPSA) is 78.0 Å². The number of H-pyrrole nitrogens is 1. The molecule has 0 radical (unpaired) electrons. The van der Waals surface area contributed by atoms with Crippen LogP contribution < -0.4 is 5.32 Å². The summed E-state index contributed by atoms with van der Waals surface area (Å²) < 4.78 is 0. The SMILES string of the molecule is Cc1n[nH]c(C)c1C(NCC(C)C)C(=O)O.